The third-order valence-corrected chi connectivity index (χ3v) is 10.1. The van der Waals surface area contributed by atoms with Crippen LogP contribution in [0.3, 0.4) is 0 Å². The van der Waals surface area contributed by atoms with Gasteiger partial charge in [-0.15, -0.1) is 14.6 Å². The van der Waals surface area contributed by atoms with Crippen LogP contribution in [-0.2, 0) is 49.2 Å². The molecule has 4 aromatic carbocycles. The zero-order chi connectivity index (χ0) is 39.4. The number of fused-ring (bicyclic) bond motifs is 2. The largest absolute Gasteiger partial charge is 0.505 e. The second-order valence-corrected chi connectivity index (χ2v) is 15.9. The number of aromatic nitrogens is 3. The highest BCUT2D eigenvalue weighted by atomic mass is 35.5. The number of hydrogen-bond acceptors (Lipinski definition) is 22. The Balaban J connectivity index is 1.64. The number of thioether (sulfide) groups is 1. The minimum absolute atomic E-state index is 0.0628. The SMILES string of the molecule is O=S(=O)(O)OOC#CSc1ccc2c(S(=O)(=O)O)c(N=Nc3c(SOOO)cc4cc(S(=O)(=O)O)cc(Nc5nc(Cl)nc(SO)n5)c4c3O)ccc2c1. The van der Waals surface area contributed by atoms with Gasteiger partial charge in [0.2, 0.25) is 16.4 Å². The molecule has 0 bridgehead atoms. The molecule has 22 nitrogen and oxygen atoms in total. The summed E-state index contributed by atoms with van der Waals surface area (Å²) in [5.74, 6) is -1.15. The second kappa shape index (κ2) is 16.7. The number of aromatic hydroxyl groups is 1. The smallest absolute Gasteiger partial charge is 0.433 e. The normalized spacial score (nSPS) is 12.3. The molecule has 5 aromatic rings. The lowest BCUT2D eigenvalue weighted by Crippen LogP contribution is -2.04. The minimum Gasteiger partial charge on any atom is -0.505 e. The van der Waals surface area contributed by atoms with Crippen LogP contribution in [0.25, 0.3) is 21.5 Å². The van der Waals surface area contributed by atoms with Gasteiger partial charge in [-0.05, 0) is 74.9 Å². The Morgan fingerprint density at radius 1 is 0.889 bits per heavy atom. The maximum atomic E-state index is 12.6. The predicted octanol–water partition coefficient (Wildman–Crippen LogP) is 5.94. The van der Waals surface area contributed by atoms with E-state index in [1.807, 2.05) is 6.11 Å². The van der Waals surface area contributed by atoms with Crippen LogP contribution >= 0.6 is 47.4 Å². The lowest BCUT2D eigenvalue weighted by Gasteiger charge is -2.15. The predicted molar refractivity (Wildman–Crippen MR) is 188 cm³/mol. The number of hydrogen-bond donors (Lipinski definition) is 7. The van der Waals surface area contributed by atoms with Gasteiger partial charge in [-0.3, -0.25) is 18.5 Å². The molecule has 284 valence electrons. The Bertz CT molecular complexity index is 2730. The zero-order valence-electron chi connectivity index (χ0n) is 25.4. The van der Waals surface area contributed by atoms with Crippen LogP contribution in [0.15, 0.2) is 83.5 Å². The minimum atomic E-state index is -5.04. The van der Waals surface area contributed by atoms with Gasteiger partial charge in [0.15, 0.2) is 11.9 Å². The molecular weight excluding hydrogens is 868 g/mol. The average Bonchev–Trinajstić information content (AvgIpc) is 3.08. The topological polar surface area (TPSA) is 336 Å². The molecule has 0 spiro atoms. The molecule has 0 amide bonds. The number of anilines is 2. The summed E-state index contributed by atoms with van der Waals surface area (Å²) in [4.78, 5) is 14.1. The Morgan fingerprint density at radius 3 is 2.31 bits per heavy atom. The summed E-state index contributed by atoms with van der Waals surface area (Å²) in [5, 5.41) is 36.0. The van der Waals surface area contributed by atoms with Crippen molar-refractivity contribution < 1.29 is 72.4 Å². The lowest BCUT2D eigenvalue weighted by molar-refractivity contribution is -0.432. The first kappa shape index (κ1) is 41.0. The fraction of sp³-hybridized carbons (Fsp3) is 0. The third-order valence-electron chi connectivity index (χ3n) is 6.30. The number of nitrogens with one attached hydrogen (secondary N) is 1. The number of nitrogens with zero attached hydrogens (tertiary/aromatic N) is 5. The first-order chi connectivity index (χ1) is 25.4. The van der Waals surface area contributed by atoms with Gasteiger partial charge in [0.25, 0.3) is 20.2 Å². The van der Waals surface area contributed by atoms with Crippen molar-refractivity contribution in [2.24, 2.45) is 10.2 Å². The molecular formula is C25H15ClN6O16S6. The molecule has 1 heterocycles. The summed E-state index contributed by atoms with van der Waals surface area (Å²) in [6.45, 7) is 0. The maximum absolute atomic E-state index is 12.6. The zero-order valence-corrected chi connectivity index (χ0v) is 31.1. The number of phenolic OH excluding ortho intramolecular Hbond substituents is 1. The molecule has 7 N–H and O–H groups in total. The van der Waals surface area contributed by atoms with E-state index in [2.05, 4.69) is 54.3 Å². The van der Waals surface area contributed by atoms with Gasteiger partial charge < -0.3 is 15.0 Å². The van der Waals surface area contributed by atoms with E-state index >= 15 is 0 Å². The number of phenols is 1. The van der Waals surface area contributed by atoms with Crippen LogP contribution in [0.1, 0.15) is 0 Å². The van der Waals surface area contributed by atoms with E-state index in [1.165, 1.54) is 24.3 Å². The van der Waals surface area contributed by atoms with Gasteiger partial charge in [0.1, 0.15) is 16.3 Å². The number of halogens is 1. The third kappa shape index (κ3) is 10.1. The number of benzene rings is 4. The molecule has 0 atom stereocenters. The van der Waals surface area contributed by atoms with E-state index in [0.717, 1.165) is 36.0 Å². The second-order valence-electron chi connectivity index (χ2n) is 9.63. The van der Waals surface area contributed by atoms with Crippen LogP contribution in [0.4, 0.5) is 23.0 Å². The molecule has 0 radical (unpaired) electrons. The van der Waals surface area contributed by atoms with Gasteiger partial charge in [-0.1, -0.05) is 17.2 Å². The monoisotopic (exact) mass is 882 g/mol. The highest BCUT2D eigenvalue weighted by molar-refractivity contribution is 8.04. The standard InChI is InChI=1S/C25H15ClN6O16S6/c26-23-28-24(30-25(29-23)50-35)27-17-10-14(52(36,37)38)8-12-9-18(51-47-46-34)20(21(33)19(12)17)32-31-16-4-1-11-7-13(49-6-5-45-48-54(42,43)44)2-3-15(11)22(16)53(39,40)41/h1-4,7-10,33-35H,(H,36,37,38)(H,39,40,41)(H,42,43,44)(H,27,28,29,30). The van der Waals surface area contributed by atoms with Crippen molar-refractivity contribution in [2.75, 3.05) is 5.32 Å². The lowest BCUT2D eigenvalue weighted by atomic mass is 10.1. The first-order valence-electron chi connectivity index (χ1n) is 13.3. The van der Waals surface area contributed by atoms with E-state index in [0.29, 0.717) is 4.90 Å². The molecule has 0 saturated heterocycles. The van der Waals surface area contributed by atoms with Gasteiger partial charge in [-0.25, -0.2) is 5.26 Å². The average molecular weight is 883 g/mol. The van der Waals surface area contributed by atoms with Crippen LogP contribution in [0.2, 0.25) is 5.28 Å². The molecule has 29 heteroatoms. The van der Waals surface area contributed by atoms with Crippen LogP contribution < -0.4 is 5.32 Å². The van der Waals surface area contributed by atoms with Crippen molar-refractivity contribution in [3.05, 3.63) is 53.8 Å². The quantitative estimate of drug-likeness (QED) is 0.0137. The Kier molecular flexibility index (Phi) is 12.7. The van der Waals surface area contributed by atoms with E-state index in [-0.39, 0.29) is 67.3 Å². The Hall–Kier alpha value is -4.16. The fourth-order valence-corrected chi connectivity index (χ4v) is 7.39. The van der Waals surface area contributed by atoms with Crippen LogP contribution in [-0.4, -0.2) is 68.8 Å². The van der Waals surface area contributed by atoms with E-state index in [4.69, 9.17) is 21.4 Å². The fourth-order valence-electron chi connectivity index (χ4n) is 4.41. The Morgan fingerprint density at radius 2 is 1.65 bits per heavy atom. The molecule has 0 aliphatic rings. The van der Waals surface area contributed by atoms with E-state index < -0.39 is 62.8 Å². The van der Waals surface area contributed by atoms with Crippen molar-refractivity contribution in [1.82, 2.24) is 15.0 Å². The summed E-state index contributed by atoms with van der Waals surface area (Å²) >= 11 is 6.99. The summed E-state index contributed by atoms with van der Waals surface area (Å²) in [6, 6.07) is 9.56. The molecule has 1 aromatic heterocycles. The Labute approximate surface area is 319 Å². The molecule has 0 unspecified atom stereocenters. The van der Waals surface area contributed by atoms with Gasteiger partial charge in [-0.2, -0.15) is 40.2 Å². The van der Waals surface area contributed by atoms with Gasteiger partial charge in [0, 0.05) is 20.9 Å². The summed E-state index contributed by atoms with van der Waals surface area (Å²) < 4.78 is 117. The van der Waals surface area contributed by atoms with Crippen LogP contribution in [0, 0.1) is 11.4 Å². The van der Waals surface area contributed by atoms with Gasteiger partial charge in [0.05, 0.1) is 39.6 Å². The molecule has 54 heavy (non-hydrogen) atoms. The molecule has 0 fully saturated rings. The first-order valence-corrected chi connectivity index (χ1v) is 20.2. The van der Waals surface area contributed by atoms with Crippen molar-refractivity contribution >= 4 is 123 Å². The highest BCUT2D eigenvalue weighted by Gasteiger charge is 2.24. The number of azo groups is 1. The summed E-state index contributed by atoms with van der Waals surface area (Å²) in [6.07, 6.45) is 1.85. The van der Waals surface area contributed by atoms with E-state index in [1.54, 1.807) is 0 Å². The van der Waals surface area contributed by atoms with Crippen molar-refractivity contribution in [3.63, 3.8) is 0 Å². The molecule has 0 aliphatic heterocycles. The maximum Gasteiger partial charge on any atom is 0.433 e. The molecule has 0 aliphatic carbocycles. The highest BCUT2D eigenvalue weighted by Crippen LogP contribution is 2.48. The molecule has 5 rings (SSSR count). The summed E-state index contributed by atoms with van der Waals surface area (Å²) in [5.41, 5.74) is -1.25. The number of rotatable bonds is 13. The van der Waals surface area contributed by atoms with Crippen molar-refractivity contribution in [2.45, 2.75) is 24.7 Å². The van der Waals surface area contributed by atoms with Crippen molar-refractivity contribution in [1.29, 1.82) is 0 Å². The van der Waals surface area contributed by atoms with Gasteiger partial charge >= 0.3 is 10.4 Å². The molecule has 0 saturated carbocycles. The van der Waals surface area contributed by atoms with Crippen molar-refractivity contribution in [3.8, 4) is 17.1 Å². The summed E-state index contributed by atoms with van der Waals surface area (Å²) in [7, 11) is -14.8. The van der Waals surface area contributed by atoms with Crippen LogP contribution in [0.5, 0.6) is 5.75 Å². The van der Waals surface area contributed by atoms with E-state index in [9.17, 15) is 44.0 Å².